The maximum Gasteiger partial charge on any atom is 0.239 e. The predicted octanol–water partition coefficient (Wildman–Crippen LogP) is 3.86. The van der Waals surface area contributed by atoms with Crippen LogP contribution in [0, 0.1) is 0 Å². The largest absolute Gasteiger partial charge is 0.507 e. The van der Waals surface area contributed by atoms with Crippen LogP contribution in [0.5, 0.6) is 5.75 Å². The summed E-state index contributed by atoms with van der Waals surface area (Å²) in [6, 6.07) is 12.0. The van der Waals surface area contributed by atoms with Crippen molar-refractivity contribution in [1.82, 2.24) is 5.32 Å². The highest BCUT2D eigenvalue weighted by Crippen LogP contribution is 2.28. The minimum absolute atomic E-state index is 0.116. The third-order valence-corrected chi connectivity index (χ3v) is 5.14. The quantitative estimate of drug-likeness (QED) is 0.611. The fraction of sp³-hybridized carbons (Fsp3) is 0.118. The van der Waals surface area contributed by atoms with Crippen LogP contribution in [0.2, 0.25) is 10.0 Å². The number of amides is 1. The van der Waals surface area contributed by atoms with Crippen LogP contribution in [0.15, 0.2) is 52.7 Å². The zero-order valence-corrected chi connectivity index (χ0v) is 15.1. The Morgan fingerprint density at radius 1 is 1.24 bits per heavy atom. The van der Waals surface area contributed by atoms with Gasteiger partial charge in [0.25, 0.3) is 0 Å². The lowest BCUT2D eigenvalue weighted by Crippen LogP contribution is -2.26. The topological polar surface area (TPSA) is 74.0 Å². The molecule has 128 valence electrons. The van der Waals surface area contributed by atoms with E-state index < -0.39 is 0 Å². The van der Waals surface area contributed by atoms with Crippen molar-refractivity contribution in [3.05, 3.63) is 63.6 Å². The zero-order chi connectivity index (χ0) is 17.8. The van der Waals surface area contributed by atoms with Gasteiger partial charge in [-0.2, -0.15) is 5.10 Å². The van der Waals surface area contributed by atoms with Crippen LogP contribution in [-0.4, -0.2) is 27.6 Å². The third-order valence-electron chi connectivity index (χ3n) is 3.48. The van der Waals surface area contributed by atoms with Crippen molar-refractivity contribution in [3.63, 3.8) is 0 Å². The van der Waals surface area contributed by atoms with Crippen molar-refractivity contribution >= 4 is 52.3 Å². The minimum atomic E-state index is -0.335. The Labute approximate surface area is 158 Å². The molecule has 3 rings (SSSR count). The molecule has 0 saturated carbocycles. The van der Waals surface area contributed by atoms with Gasteiger partial charge in [0.05, 0.1) is 11.5 Å². The van der Waals surface area contributed by atoms with Gasteiger partial charge in [-0.25, -0.2) is 0 Å². The lowest BCUT2D eigenvalue weighted by atomic mass is 10.1. The Balaban J connectivity index is 1.66. The monoisotopic (exact) mass is 393 g/mol. The van der Waals surface area contributed by atoms with Crippen molar-refractivity contribution in [2.24, 2.45) is 10.2 Å². The number of thioether (sulfide) groups is 1. The van der Waals surface area contributed by atoms with E-state index in [1.807, 2.05) is 6.07 Å². The van der Waals surface area contributed by atoms with Gasteiger partial charge in [0, 0.05) is 15.6 Å². The first-order chi connectivity index (χ1) is 12.0. The smallest absolute Gasteiger partial charge is 0.239 e. The summed E-state index contributed by atoms with van der Waals surface area (Å²) >= 11 is 13.3. The number of phenolic OH excluding ortho intramolecular Hbond substituents is 1. The second-order valence-corrected chi connectivity index (χ2v) is 7.28. The SMILES string of the molecule is O=C1N/C(=N/N=C\c2ccccc2O)S[C@H]1Cc1ccc(Cl)cc1Cl. The van der Waals surface area contributed by atoms with Crippen LogP contribution in [0.4, 0.5) is 0 Å². The van der Waals surface area contributed by atoms with Gasteiger partial charge in [-0.1, -0.05) is 53.2 Å². The fourth-order valence-electron chi connectivity index (χ4n) is 2.21. The molecule has 0 spiro atoms. The molecule has 5 nitrogen and oxygen atoms in total. The number of hydrogen-bond acceptors (Lipinski definition) is 5. The van der Waals surface area contributed by atoms with Crippen LogP contribution in [0.25, 0.3) is 0 Å². The number of aromatic hydroxyl groups is 1. The molecule has 1 aliphatic rings. The van der Waals surface area contributed by atoms with E-state index in [9.17, 15) is 9.90 Å². The molecule has 0 aromatic heterocycles. The molecule has 1 amide bonds. The first-order valence-corrected chi connectivity index (χ1v) is 8.97. The van der Waals surface area contributed by atoms with Crippen LogP contribution in [0.1, 0.15) is 11.1 Å². The van der Waals surface area contributed by atoms with Gasteiger partial charge in [-0.3, -0.25) is 4.79 Å². The number of para-hydroxylation sites is 1. The minimum Gasteiger partial charge on any atom is -0.507 e. The maximum atomic E-state index is 12.1. The normalized spacial score (nSPS) is 18.9. The number of phenols is 1. The molecule has 2 aromatic rings. The van der Waals surface area contributed by atoms with Gasteiger partial charge in [-0.15, -0.1) is 5.10 Å². The average Bonchev–Trinajstić information content (AvgIpc) is 2.92. The van der Waals surface area contributed by atoms with Gasteiger partial charge in [0.2, 0.25) is 5.91 Å². The van der Waals surface area contributed by atoms with Gasteiger partial charge >= 0.3 is 0 Å². The highest BCUT2D eigenvalue weighted by Gasteiger charge is 2.30. The molecule has 0 unspecified atom stereocenters. The number of rotatable bonds is 4. The molecule has 1 saturated heterocycles. The van der Waals surface area contributed by atoms with E-state index in [1.54, 1.807) is 36.4 Å². The van der Waals surface area contributed by atoms with Gasteiger partial charge in [0.1, 0.15) is 5.75 Å². The van der Waals surface area contributed by atoms with E-state index in [0.29, 0.717) is 27.2 Å². The van der Waals surface area contributed by atoms with Gasteiger partial charge in [0.15, 0.2) is 5.17 Å². The van der Waals surface area contributed by atoms with Crippen LogP contribution in [-0.2, 0) is 11.2 Å². The van der Waals surface area contributed by atoms with Gasteiger partial charge < -0.3 is 10.4 Å². The molecule has 2 aromatic carbocycles. The van der Waals surface area contributed by atoms with Crippen molar-refractivity contribution in [2.45, 2.75) is 11.7 Å². The summed E-state index contributed by atoms with van der Waals surface area (Å²) < 4.78 is 0. The molecule has 1 fully saturated rings. The van der Waals surface area contributed by atoms with E-state index >= 15 is 0 Å². The molecule has 2 N–H and O–H groups in total. The van der Waals surface area contributed by atoms with E-state index in [4.69, 9.17) is 23.2 Å². The summed E-state index contributed by atoms with van der Waals surface area (Å²) in [5.74, 6) is -0.0302. The highest BCUT2D eigenvalue weighted by molar-refractivity contribution is 8.15. The number of amidine groups is 1. The molecule has 1 atom stereocenters. The summed E-state index contributed by atoms with van der Waals surface area (Å²) in [4.78, 5) is 12.1. The molecule has 0 bridgehead atoms. The first-order valence-electron chi connectivity index (χ1n) is 7.33. The number of benzene rings is 2. The second kappa shape index (κ2) is 7.91. The Bertz CT molecular complexity index is 871. The van der Waals surface area contributed by atoms with Crippen LogP contribution >= 0.6 is 35.0 Å². The lowest BCUT2D eigenvalue weighted by molar-refractivity contribution is -0.118. The zero-order valence-electron chi connectivity index (χ0n) is 12.8. The Morgan fingerprint density at radius 3 is 2.80 bits per heavy atom. The summed E-state index contributed by atoms with van der Waals surface area (Å²) in [5.41, 5.74) is 1.39. The number of nitrogens with zero attached hydrogens (tertiary/aromatic N) is 2. The number of hydrogen-bond donors (Lipinski definition) is 2. The standard InChI is InChI=1S/C17H13Cl2N3O2S/c18-12-6-5-10(13(19)8-12)7-15-16(24)21-17(25-15)22-20-9-11-3-1-2-4-14(11)23/h1-6,8-9,15,23H,7H2,(H,21,22,24)/b20-9-/t15-/m0/s1. The summed E-state index contributed by atoms with van der Waals surface area (Å²) in [6.07, 6.45) is 1.90. The van der Waals surface area contributed by atoms with Crippen molar-refractivity contribution in [2.75, 3.05) is 0 Å². The number of carbonyl (C=O) groups excluding carboxylic acids is 1. The summed E-state index contributed by atoms with van der Waals surface area (Å²) in [6.45, 7) is 0. The van der Waals surface area contributed by atoms with E-state index in [1.165, 1.54) is 18.0 Å². The van der Waals surface area contributed by atoms with Crippen molar-refractivity contribution in [1.29, 1.82) is 0 Å². The number of carbonyl (C=O) groups is 1. The Morgan fingerprint density at radius 2 is 2.04 bits per heavy atom. The molecular formula is C17H13Cl2N3O2S. The highest BCUT2D eigenvalue weighted by atomic mass is 35.5. The Kier molecular flexibility index (Phi) is 5.63. The molecule has 1 heterocycles. The first kappa shape index (κ1) is 17.8. The van der Waals surface area contributed by atoms with Gasteiger partial charge in [-0.05, 0) is 36.2 Å². The molecular weight excluding hydrogens is 381 g/mol. The molecule has 0 aliphatic carbocycles. The molecule has 8 heteroatoms. The van der Waals surface area contributed by atoms with Crippen LogP contribution < -0.4 is 5.32 Å². The maximum absolute atomic E-state index is 12.1. The number of halogens is 2. The van der Waals surface area contributed by atoms with Crippen molar-refractivity contribution in [3.8, 4) is 5.75 Å². The van der Waals surface area contributed by atoms with Crippen molar-refractivity contribution < 1.29 is 9.90 Å². The Hall–Kier alpha value is -2.02. The summed E-state index contributed by atoms with van der Waals surface area (Å²) in [5, 5.41) is 21.4. The lowest BCUT2D eigenvalue weighted by Gasteiger charge is -2.07. The second-order valence-electron chi connectivity index (χ2n) is 5.24. The molecule has 25 heavy (non-hydrogen) atoms. The average molecular weight is 394 g/mol. The van der Waals surface area contributed by atoms with E-state index in [0.717, 1.165) is 5.56 Å². The number of nitrogens with one attached hydrogen (secondary N) is 1. The van der Waals surface area contributed by atoms with E-state index in [2.05, 4.69) is 15.5 Å². The fourth-order valence-corrected chi connectivity index (χ4v) is 3.65. The summed E-state index contributed by atoms with van der Waals surface area (Å²) in [7, 11) is 0. The van der Waals surface area contributed by atoms with E-state index in [-0.39, 0.29) is 16.9 Å². The predicted molar refractivity (Wildman–Crippen MR) is 103 cm³/mol. The molecule has 1 aliphatic heterocycles. The molecule has 0 radical (unpaired) electrons. The van der Waals surface area contributed by atoms with Crippen LogP contribution in [0.3, 0.4) is 0 Å². The third kappa shape index (κ3) is 4.54.